The summed E-state index contributed by atoms with van der Waals surface area (Å²) in [6.45, 7) is 7.39. The Morgan fingerprint density at radius 1 is 1.15 bits per heavy atom. The summed E-state index contributed by atoms with van der Waals surface area (Å²) >= 11 is 0. The van der Waals surface area contributed by atoms with Gasteiger partial charge >= 0.3 is 0 Å². The van der Waals surface area contributed by atoms with Crippen LogP contribution in [0.3, 0.4) is 0 Å². The molecule has 1 aromatic carbocycles. The summed E-state index contributed by atoms with van der Waals surface area (Å²) in [5.41, 5.74) is 1.23. The van der Waals surface area contributed by atoms with E-state index in [0.29, 0.717) is 5.75 Å². The second-order valence-electron chi connectivity index (χ2n) is 6.11. The van der Waals surface area contributed by atoms with Crippen LogP contribution in [-0.4, -0.2) is 69.5 Å². The van der Waals surface area contributed by atoms with Gasteiger partial charge in [0.2, 0.25) is 0 Å². The lowest BCUT2D eigenvalue weighted by molar-refractivity contribution is 0.180. The molecule has 0 aromatic heterocycles. The van der Waals surface area contributed by atoms with Gasteiger partial charge in [-0.2, -0.15) is 0 Å². The predicted molar refractivity (Wildman–Crippen MR) is 120 cm³/mol. The largest absolute Gasteiger partial charge is 0.508 e. The summed E-state index contributed by atoms with van der Waals surface area (Å²) in [5.74, 6) is 1.19. The second kappa shape index (κ2) is 16.1. The van der Waals surface area contributed by atoms with Crippen LogP contribution >= 0.6 is 24.0 Å². The van der Waals surface area contributed by atoms with E-state index in [1.54, 1.807) is 19.2 Å². The van der Waals surface area contributed by atoms with Gasteiger partial charge in [-0.3, -0.25) is 4.99 Å². The van der Waals surface area contributed by atoms with E-state index in [9.17, 15) is 5.11 Å². The van der Waals surface area contributed by atoms with Crippen molar-refractivity contribution >= 4 is 29.9 Å². The normalized spacial score (nSPS) is 11.3. The molecule has 0 fully saturated rings. The molecule has 0 aliphatic carbocycles. The molecule has 7 heteroatoms. The molecule has 0 aliphatic heterocycles. The number of aryl methyl sites for hydroxylation is 1. The summed E-state index contributed by atoms with van der Waals surface area (Å²) < 4.78 is 5.08. The van der Waals surface area contributed by atoms with E-state index in [1.807, 2.05) is 12.1 Å². The third-order valence-electron chi connectivity index (χ3n) is 3.85. The summed E-state index contributed by atoms with van der Waals surface area (Å²) in [6.07, 6.45) is 3.00. The van der Waals surface area contributed by atoms with Crippen molar-refractivity contribution in [3.63, 3.8) is 0 Å². The number of likely N-dealkylation sites (N-methyl/N-ethyl adjacent to an activating group) is 1. The molecule has 0 aliphatic rings. The Bertz CT molecular complexity index is 483. The van der Waals surface area contributed by atoms with Crippen molar-refractivity contribution in [2.24, 2.45) is 4.99 Å². The first-order valence-corrected chi connectivity index (χ1v) is 9.13. The first-order chi connectivity index (χ1) is 12.2. The zero-order valence-corrected chi connectivity index (χ0v) is 18.7. The summed E-state index contributed by atoms with van der Waals surface area (Å²) in [4.78, 5) is 6.92. The molecule has 0 radical (unpaired) electrons. The average Bonchev–Trinajstić information content (AvgIpc) is 2.60. The highest BCUT2D eigenvalue weighted by Gasteiger charge is 2.00. The molecule has 1 aromatic rings. The molecule has 0 saturated carbocycles. The van der Waals surface area contributed by atoms with Crippen LogP contribution in [0.1, 0.15) is 25.3 Å². The van der Waals surface area contributed by atoms with Gasteiger partial charge in [0.1, 0.15) is 5.75 Å². The number of nitrogens with zero attached hydrogens (tertiary/aromatic N) is 2. The number of rotatable bonds is 12. The monoisotopic (exact) mass is 478 g/mol. The number of methoxy groups -OCH3 is 1. The fraction of sp³-hybridized carbons (Fsp3) is 0.632. The van der Waals surface area contributed by atoms with E-state index < -0.39 is 0 Å². The van der Waals surface area contributed by atoms with Crippen molar-refractivity contribution in [1.82, 2.24) is 15.5 Å². The van der Waals surface area contributed by atoms with Gasteiger partial charge in [-0.1, -0.05) is 12.1 Å². The molecule has 6 nitrogen and oxygen atoms in total. The Labute approximate surface area is 175 Å². The number of guanidine groups is 1. The molecule has 3 N–H and O–H groups in total. The lowest BCUT2D eigenvalue weighted by Gasteiger charge is -2.18. The van der Waals surface area contributed by atoms with Crippen LogP contribution in [0, 0.1) is 0 Å². The number of hydrogen-bond donors (Lipinski definition) is 3. The maximum Gasteiger partial charge on any atom is 0.191 e. The quantitative estimate of drug-likeness (QED) is 0.187. The Balaban J connectivity index is 0.00000625. The molecule has 0 spiro atoms. The molecular formula is C19H35IN4O2. The number of phenols is 1. The molecule has 0 saturated heterocycles. The highest BCUT2D eigenvalue weighted by Crippen LogP contribution is 2.10. The fourth-order valence-electron chi connectivity index (χ4n) is 2.43. The van der Waals surface area contributed by atoms with Crippen LogP contribution in [0.2, 0.25) is 0 Å². The van der Waals surface area contributed by atoms with Gasteiger partial charge in [0, 0.05) is 46.4 Å². The van der Waals surface area contributed by atoms with Crippen molar-refractivity contribution in [1.29, 1.82) is 0 Å². The van der Waals surface area contributed by atoms with E-state index in [-0.39, 0.29) is 24.0 Å². The van der Waals surface area contributed by atoms with Crippen molar-refractivity contribution in [2.45, 2.75) is 26.2 Å². The summed E-state index contributed by atoms with van der Waals surface area (Å²) in [7, 11) is 3.86. The minimum Gasteiger partial charge on any atom is -0.508 e. The molecule has 0 unspecified atom stereocenters. The van der Waals surface area contributed by atoms with E-state index in [1.165, 1.54) is 5.56 Å². The third kappa shape index (κ3) is 12.3. The van der Waals surface area contributed by atoms with E-state index >= 15 is 0 Å². The van der Waals surface area contributed by atoms with Crippen molar-refractivity contribution in [2.75, 3.05) is 53.5 Å². The van der Waals surface area contributed by atoms with Gasteiger partial charge in [-0.15, -0.1) is 24.0 Å². The van der Waals surface area contributed by atoms with Crippen LogP contribution in [0.5, 0.6) is 5.75 Å². The standard InChI is InChI=1S/C19H34N4O2.HI/c1-4-20-19(22-13-15-23(2)14-6-16-25-3)21-12-5-7-17-8-10-18(24)11-9-17;/h8-11,24H,4-7,12-16H2,1-3H3,(H2,20,21,22);1H. The first kappa shape index (κ1) is 24.9. The van der Waals surface area contributed by atoms with Crippen LogP contribution in [-0.2, 0) is 11.2 Å². The molecule has 1 rings (SSSR count). The Kier molecular flexibility index (Phi) is 15.5. The molecule has 26 heavy (non-hydrogen) atoms. The van der Waals surface area contributed by atoms with Crippen molar-refractivity contribution in [3.05, 3.63) is 29.8 Å². The zero-order valence-electron chi connectivity index (χ0n) is 16.3. The predicted octanol–water partition coefficient (Wildman–Crippen LogP) is 2.47. The minimum atomic E-state index is 0. The minimum absolute atomic E-state index is 0. The highest BCUT2D eigenvalue weighted by atomic mass is 127. The molecule has 0 atom stereocenters. The van der Waals surface area contributed by atoms with Gasteiger partial charge in [0.05, 0.1) is 0 Å². The van der Waals surface area contributed by atoms with Gasteiger partial charge in [-0.05, 0) is 50.9 Å². The summed E-state index contributed by atoms with van der Waals surface area (Å²) in [6, 6.07) is 7.38. The average molecular weight is 478 g/mol. The van der Waals surface area contributed by atoms with E-state index in [0.717, 1.165) is 64.6 Å². The number of aliphatic imine (C=N–C) groups is 1. The Morgan fingerprint density at radius 3 is 2.54 bits per heavy atom. The number of nitrogens with one attached hydrogen (secondary N) is 2. The molecule has 0 bridgehead atoms. The van der Waals surface area contributed by atoms with Crippen LogP contribution in [0.15, 0.2) is 29.3 Å². The Morgan fingerprint density at radius 2 is 1.88 bits per heavy atom. The van der Waals surface area contributed by atoms with Crippen LogP contribution < -0.4 is 10.6 Å². The lowest BCUT2D eigenvalue weighted by atomic mass is 10.1. The van der Waals surface area contributed by atoms with Gasteiger partial charge in [-0.25, -0.2) is 0 Å². The number of aromatic hydroxyl groups is 1. The van der Waals surface area contributed by atoms with E-state index in [4.69, 9.17) is 4.74 Å². The van der Waals surface area contributed by atoms with E-state index in [2.05, 4.69) is 34.5 Å². The number of ether oxygens (including phenoxy) is 1. The third-order valence-corrected chi connectivity index (χ3v) is 3.85. The van der Waals surface area contributed by atoms with Gasteiger partial charge < -0.3 is 25.4 Å². The van der Waals surface area contributed by atoms with Crippen molar-refractivity contribution < 1.29 is 9.84 Å². The first-order valence-electron chi connectivity index (χ1n) is 9.13. The second-order valence-corrected chi connectivity index (χ2v) is 6.11. The zero-order chi connectivity index (χ0) is 18.3. The smallest absolute Gasteiger partial charge is 0.191 e. The topological polar surface area (TPSA) is 69.1 Å². The molecule has 150 valence electrons. The van der Waals surface area contributed by atoms with Crippen LogP contribution in [0.4, 0.5) is 0 Å². The molecule has 0 amide bonds. The lowest BCUT2D eigenvalue weighted by Crippen LogP contribution is -2.41. The molecule has 0 heterocycles. The number of hydrogen-bond acceptors (Lipinski definition) is 4. The SMILES string of the molecule is CCNC(=NCCCc1ccc(O)cc1)NCCN(C)CCCOC.I. The maximum atomic E-state index is 9.29. The maximum absolute atomic E-state index is 9.29. The Hall–Kier alpha value is -1.06. The van der Waals surface area contributed by atoms with Gasteiger partial charge in [0.25, 0.3) is 0 Å². The fourth-order valence-corrected chi connectivity index (χ4v) is 2.43. The van der Waals surface area contributed by atoms with Crippen LogP contribution in [0.25, 0.3) is 0 Å². The number of phenolic OH excluding ortho intramolecular Hbond substituents is 1. The highest BCUT2D eigenvalue weighted by molar-refractivity contribution is 14.0. The van der Waals surface area contributed by atoms with Gasteiger partial charge in [0.15, 0.2) is 5.96 Å². The number of benzene rings is 1. The molecular weight excluding hydrogens is 443 g/mol. The number of halogens is 1. The van der Waals surface area contributed by atoms with Crippen molar-refractivity contribution in [3.8, 4) is 5.75 Å². The summed E-state index contributed by atoms with van der Waals surface area (Å²) in [5, 5.41) is 16.0.